The molecule has 0 spiro atoms. The summed E-state index contributed by atoms with van der Waals surface area (Å²) >= 11 is 0. The number of carbonyl (C=O) groups excluding carboxylic acids is 3. The van der Waals surface area contributed by atoms with Crippen molar-refractivity contribution in [1.29, 1.82) is 0 Å². The highest BCUT2D eigenvalue weighted by Crippen LogP contribution is 2.64. The second-order valence-electron chi connectivity index (χ2n) is 14.2. The Kier molecular flexibility index (Phi) is 15.7. The summed E-state index contributed by atoms with van der Waals surface area (Å²) < 4.78 is 28.4. The van der Waals surface area contributed by atoms with Gasteiger partial charge < -0.3 is 26.4 Å². The lowest BCUT2D eigenvalue weighted by Crippen LogP contribution is -2.53. The number of carboxylic acid groups (broad SMARTS) is 1. The van der Waals surface area contributed by atoms with Gasteiger partial charge in [0.15, 0.2) is 0 Å². The maximum Gasteiger partial charge on any atom is 0.323 e. The number of halogens is 2. The Labute approximate surface area is 286 Å². The van der Waals surface area contributed by atoms with Crippen LogP contribution in [0.25, 0.3) is 0 Å². The number of hydrogen-bond donors (Lipinski definition) is 6. The normalized spacial score (nSPS) is 25.4. The van der Waals surface area contributed by atoms with Gasteiger partial charge in [-0.3, -0.25) is 19.2 Å². The van der Waals surface area contributed by atoms with Crippen LogP contribution in [0.3, 0.4) is 0 Å². The van der Waals surface area contributed by atoms with E-state index in [9.17, 15) is 32.7 Å². The summed E-state index contributed by atoms with van der Waals surface area (Å²) in [7, 11) is -4.15. The second-order valence-corrected chi connectivity index (χ2v) is 15.9. The Bertz CT molecular complexity index is 1140. The largest absolute Gasteiger partial charge is 0.480 e. The number of sulfonamides is 1. The van der Waals surface area contributed by atoms with E-state index in [2.05, 4.69) is 26.0 Å². The Morgan fingerprint density at radius 3 is 1.91 bits per heavy atom. The number of fused-ring (bicyclic) bond motifs is 2. The molecule has 2 aliphatic carbocycles. The number of amides is 2. The smallest absolute Gasteiger partial charge is 0.323 e. The van der Waals surface area contributed by atoms with Crippen molar-refractivity contribution < 1.29 is 32.7 Å². The molecule has 6 N–H and O–H groups in total. The molecule has 266 valence electrons. The standard InChI is InChI=1S/C31H53N5O7S.2ClH/c1-30(2)24-7-12-31(30,26(37)17-24)20-44(42,43)36-25(29(40)41)18-34-27(38)19-35-28(39)23(5-3-21-8-13-32-14-9-21)6-4-22-10-15-33-16-11-22;;/h21-25,32-33,36H,3-20H2,1-2H3,(H,34,38)(H,35,39)(H,40,41);2*1H. The van der Waals surface area contributed by atoms with Gasteiger partial charge in [-0.2, -0.15) is 4.72 Å². The molecule has 2 heterocycles. The third-order valence-electron chi connectivity index (χ3n) is 11.3. The number of Topliss-reactive ketones (excluding diaryl/α,β-unsaturated/α-hetero) is 1. The van der Waals surface area contributed by atoms with Crippen molar-refractivity contribution in [2.24, 2.45) is 34.5 Å². The van der Waals surface area contributed by atoms with E-state index in [4.69, 9.17) is 0 Å². The van der Waals surface area contributed by atoms with Gasteiger partial charge in [0.1, 0.15) is 11.8 Å². The van der Waals surface area contributed by atoms with Crippen molar-refractivity contribution in [3.8, 4) is 0 Å². The van der Waals surface area contributed by atoms with Crippen LogP contribution in [0, 0.1) is 34.5 Å². The van der Waals surface area contributed by atoms with E-state index < -0.39 is 51.1 Å². The molecule has 0 aromatic rings. The summed E-state index contributed by atoms with van der Waals surface area (Å²) in [5.74, 6) is -1.62. The van der Waals surface area contributed by atoms with Crippen LogP contribution in [-0.2, 0) is 29.2 Å². The van der Waals surface area contributed by atoms with Crippen LogP contribution in [0.2, 0.25) is 0 Å². The Balaban J connectivity index is 0.00000368. The quantitative estimate of drug-likeness (QED) is 0.140. The van der Waals surface area contributed by atoms with E-state index in [0.29, 0.717) is 24.7 Å². The van der Waals surface area contributed by atoms with Crippen molar-refractivity contribution in [3.05, 3.63) is 0 Å². The van der Waals surface area contributed by atoms with Gasteiger partial charge in [-0.15, -0.1) is 24.8 Å². The van der Waals surface area contributed by atoms with Crippen LogP contribution in [0.1, 0.15) is 84.5 Å². The van der Waals surface area contributed by atoms with Gasteiger partial charge in [-0.25, -0.2) is 8.42 Å². The summed E-state index contributed by atoms with van der Waals surface area (Å²) in [6, 6.07) is -1.60. The predicted molar refractivity (Wildman–Crippen MR) is 181 cm³/mol. The highest BCUT2D eigenvalue weighted by Gasteiger charge is 2.65. The molecule has 0 aromatic carbocycles. The maximum absolute atomic E-state index is 13.2. The average molecular weight is 713 g/mol. The van der Waals surface area contributed by atoms with Crippen LogP contribution >= 0.6 is 24.8 Å². The molecule has 2 amide bonds. The Morgan fingerprint density at radius 1 is 0.913 bits per heavy atom. The molecule has 15 heteroatoms. The fourth-order valence-corrected chi connectivity index (χ4v) is 10.1. The number of nitrogens with one attached hydrogen (secondary N) is 5. The van der Waals surface area contributed by atoms with Gasteiger partial charge >= 0.3 is 5.97 Å². The van der Waals surface area contributed by atoms with E-state index in [0.717, 1.165) is 84.0 Å². The van der Waals surface area contributed by atoms with E-state index in [1.54, 1.807) is 0 Å². The minimum absolute atomic E-state index is 0. The molecule has 3 unspecified atom stereocenters. The number of ketones is 1. The fourth-order valence-electron chi connectivity index (χ4n) is 8.08. The third kappa shape index (κ3) is 10.2. The van der Waals surface area contributed by atoms with Gasteiger partial charge in [-0.1, -0.05) is 13.8 Å². The van der Waals surface area contributed by atoms with Crippen molar-refractivity contribution >= 4 is 58.4 Å². The third-order valence-corrected chi connectivity index (χ3v) is 12.8. The molecule has 0 radical (unpaired) electrons. The van der Waals surface area contributed by atoms with E-state index >= 15 is 0 Å². The van der Waals surface area contributed by atoms with Gasteiger partial charge in [0, 0.05) is 24.3 Å². The van der Waals surface area contributed by atoms with E-state index in [1.807, 2.05) is 13.8 Å². The zero-order valence-corrected chi connectivity index (χ0v) is 29.7. The number of aliphatic carboxylic acids is 1. The number of carboxylic acids is 1. The van der Waals surface area contributed by atoms with E-state index in [-0.39, 0.29) is 54.9 Å². The van der Waals surface area contributed by atoms with Gasteiger partial charge in [0.05, 0.1) is 12.3 Å². The Hall–Kier alpha value is -1.51. The summed E-state index contributed by atoms with van der Waals surface area (Å²) in [5, 5.41) is 21.6. The van der Waals surface area contributed by atoms with Gasteiger partial charge in [-0.05, 0) is 114 Å². The first-order valence-electron chi connectivity index (χ1n) is 16.5. The number of piperidine rings is 2. The van der Waals surface area contributed by atoms with Crippen LogP contribution in [-0.4, -0.2) is 88.2 Å². The molecule has 0 aromatic heterocycles. The van der Waals surface area contributed by atoms with Gasteiger partial charge in [0.25, 0.3) is 0 Å². The van der Waals surface area contributed by atoms with E-state index in [1.165, 1.54) is 0 Å². The SMILES string of the molecule is CC1(C)C2CCC1(CS(=O)(=O)NC(CNC(=O)CNC(=O)C(CCC1CCNCC1)CCC1CCNCC1)C(=O)O)C(=O)C2.Cl.Cl. The molecule has 4 rings (SSSR count). The lowest BCUT2D eigenvalue weighted by atomic mass is 9.70. The first-order chi connectivity index (χ1) is 20.8. The zero-order chi connectivity index (χ0) is 32.0. The number of hydrogen-bond acceptors (Lipinski definition) is 8. The topological polar surface area (TPSA) is 183 Å². The van der Waals surface area contributed by atoms with Crippen LogP contribution < -0.4 is 26.0 Å². The summed E-state index contributed by atoms with van der Waals surface area (Å²) in [4.78, 5) is 50.5. The molecule has 46 heavy (non-hydrogen) atoms. The predicted octanol–water partition coefficient (Wildman–Crippen LogP) is 2.01. The lowest BCUT2D eigenvalue weighted by Gasteiger charge is -2.36. The summed E-state index contributed by atoms with van der Waals surface area (Å²) in [6.45, 7) is 7.04. The van der Waals surface area contributed by atoms with Crippen molar-refractivity contribution in [2.75, 3.05) is 45.0 Å². The first-order valence-corrected chi connectivity index (χ1v) is 18.2. The molecule has 2 saturated carbocycles. The van der Waals surface area contributed by atoms with Crippen LogP contribution in [0.15, 0.2) is 0 Å². The fraction of sp³-hybridized carbons (Fsp3) is 0.871. The Morgan fingerprint density at radius 2 is 1.46 bits per heavy atom. The monoisotopic (exact) mass is 711 g/mol. The molecule has 12 nitrogen and oxygen atoms in total. The minimum Gasteiger partial charge on any atom is -0.480 e. The molecule has 3 atom stereocenters. The average Bonchev–Trinajstić information content (AvgIpc) is 3.33. The van der Waals surface area contributed by atoms with Crippen molar-refractivity contribution in [2.45, 2.75) is 90.5 Å². The second kappa shape index (κ2) is 17.8. The first kappa shape index (κ1) is 40.7. The van der Waals surface area contributed by atoms with Crippen LogP contribution in [0.4, 0.5) is 0 Å². The molecule has 4 aliphatic rings. The highest BCUT2D eigenvalue weighted by molar-refractivity contribution is 7.89. The number of rotatable bonds is 16. The van der Waals surface area contributed by atoms with Crippen molar-refractivity contribution in [3.63, 3.8) is 0 Å². The van der Waals surface area contributed by atoms with Gasteiger partial charge in [0.2, 0.25) is 21.8 Å². The molecular weight excluding hydrogens is 657 g/mol. The minimum atomic E-state index is -4.15. The summed E-state index contributed by atoms with van der Waals surface area (Å²) in [6.07, 6.45) is 9.51. The molecule has 2 aliphatic heterocycles. The molecular formula is C31H55Cl2N5O7S. The zero-order valence-electron chi connectivity index (χ0n) is 27.2. The molecule has 2 saturated heterocycles. The maximum atomic E-state index is 13.2. The molecule has 4 fully saturated rings. The van der Waals surface area contributed by atoms with Crippen molar-refractivity contribution in [1.82, 2.24) is 26.0 Å². The number of carbonyl (C=O) groups is 4. The van der Waals surface area contributed by atoms with Crippen LogP contribution in [0.5, 0.6) is 0 Å². The summed E-state index contributed by atoms with van der Waals surface area (Å²) in [5.41, 5.74) is -1.51. The molecule has 2 bridgehead atoms. The lowest BCUT2D eigenvalue weighted by molar-refractivity contribution is -0.139. The highest BCUT2D eigenvalue weighted by atomic mass is 35.5.